The fourth-order valence-electron chi connectivity index (χ4n) is 3.66. The van der Waals surface area contributed by atoms with Gasteiger partial charge in [-0.05, 0) is 36.6 Å². The Balaban J connectivity index is 1.71. The second-order valence-electron chi connectivity index (χ2n) is 8.96. The first-order valence-corrected chi connectivity index (χ1v) is 13.6. The summed E-state index contributed by atoms with van der Waals surface area (Å²) >= 11 is 1.27. The second kappa shape index (κ2) is 15.0. The summed E-state index contributed by atoms with van der Waals surface area (Å²) in [6.07, 6.45) is 10.7. The molecule has 0 spiro atoms. The molecule has 0 aliphatic carbocycles. The van der Waals surface area contributed by atoms with Crippen molar-refractivity contribution in [2.24, 2.45) is 0 Å². The summed E-state index contributed by atoms with van der Waals surface area (Å²) in [5.41, 5.74) is 1.55. The molecule has 2 heterocycles. The Morgan fingerprint density at radius 2 is 1.82 bits per heavy atom. The number of unbranched alkanes of at least 4 members (excludes halogenated alkanes) is 3. The number of halogens is 1. The van der Waals surface area contributed by atoms with E-state index in [1.54, 1.807) is 42.2 Å². The van der Waals surface area contributed by atoms with E-state index in [0.717, 1.165) is 36.8 Å². The van der Waals surface area contributed by atoms with Crippen molar-refractivity contribution < 1.29 is 14.0 Å². The Kier molecular flexibility index (Phi) is 11.4. The number of carbonyl (C=O) groups excluding carboxylic acids is 2. The van der Waals surface area contributed by atoms with E-state index < -0.39 is 11.6 Å². The van der Waals surface area contributed by atoms with Crippen LogP contribution in [-0.4, -0.2) is 43.9 Å². The van der Waals surface area contributed by atoms with Crippen LogP contribution in [-0.2, 0) is 28.3 Å². The van der Waals surface area contributed by atoms with E-state index in [4.69, 9.17) is 0 Å². The van der Waals surface area contributed by atoms with E-state index in [1.165, 1.54) is 30.2 Å². The third-order valence-electron chi connectivity index (χ3n) is 5.73. The van der Waals surface area contributed by atoms with Crippen LogP contribution >= 0.6 is 11.8 Å². The standard InChI is InChI=1S/C27H33FN6O3S/c1-3-4-5-6-11-31-25(36)19(2)32-24(35)16-34-15-22(12-21-13-29-18-30-14-21)26(37)33-27(34)38-17-20-7-9-23(28)10-8-20/h7-10,13-15,18-19H,3-6,11-12,16-17H2,1-2H3,(H,31,36)(H,32,35). The molecule has 0 aliphatic heterocycles. The molecule has 1 unspecified atom stereocenters. The number of thioether (sulfide) groups is 1. The molecule has 0 saturated carbocycles. The van der Waals surface area contributed by atoms with E-state index >= 15 is 0 Å². The molecule has 2 amide bonds. The van der Waals surface area contributed by atoms with Crippen LogP contribution in [0.15, 0.2) is 59.1 Å². The Labute approximate surface area is 225 Å². The zero-order valence-electron chi connectivity index (χ0n) is 21.7. The summed E-state index contributed by atoms with van der Waals surface area (Å²) in [5.74, 6) is -0.541. The molecular weight excluding hydrogens is 507 g/mol. The van der Waals surface area contributed by atoms with Gasteiger partial charge in [-0.3, -0.25) is 14.4 Å². The van der Waals surface area contributed by atoms with Gasteiger partial charge in [-0.1, -0.05) is 50.1 Å². The molecule has 1 atom stereocenters. The highest BCUT2D eigenvalue weighted by atomic mass is 32.2. The number of amides is 2. The van der Waals surface area contributed by atoms with Gasteiger partial charge in [0.05, 0.1) is 0 Å². The fraction of sp³-hybridized carbons (Fsp3) is 0.407. The second-order valence-corrected chi connectivity index (χ2v) is 9.90. The molecule has 202 valence electrons. The predicted octanol–water partition coefficient (Wildman–Crippen LogP) is 3.26. The van der Waals surface area contributed by atoms with E-state index in [2.05, 4.69) is 32.5 Å². The predicted molar refractivity (Wildman–Crippen MR) is 144 cm³/mol. The SMILES string of the molecule is CCCCCCNC(=O)C(C)NC(=O)Cn1cc(Cc2cncnc2)c(=O)nc1SCc1ccc(F)cc1. The van der Waals surface area contributed by atoms with Gasteiger partial charge in [-0.25, -0.2) is 14.4 Å². The van der Waals surface area contributed by atoms with Crippen LogP contribution in [0.1, 0.15) is 56.2 Å². The summed E-state index contributed by atoms with van der Waals surface area (Å²) < 4.78 is 14.9. The minimum Gasteiger partial charge on any atom is -0.354 e. The number of aromatic nitrogens is 4. The zero-order valence-corrected chi connectivity index (χ0v) is 22.5. The van der Waals surface area contributed by atoms with Gasteiger partial charge in [0.15, 0.2) is 5.16 Å². The maximum absolute atomic E-state index is 13.3. The van der Waals surface area contributed by atoms with E-state index in [0.29, 0.717) is 23.0 Å². The third-order valence-corrected chi connectivity index (χ3v) is 6.80. The molecule has 38 heavy (non-hydrogen) atoms. The first kappa shape index (κ1) is 29.0. The lowest BCUT2D eigenvalue weighted by atomic mass is 10.1. The molecule has 1 aromatic carbocycles. The lowest BCUT2D eigenvalue weighted by molar-refractivity contribution is -0.128. The molecule has 3 rings (SSSR count). The number of nitrogens with zero attached hydrogens (tertiary/aromatic N) is 4. The number of hydrogen-bond acceptors (Lipinski definition) is 7. The number of benzene rings is 1. The fourth-order valence-corrected chi connectivity index (χ4v) is 4.58. The highest BCUT2D eigenvalue weighted by Gasteiger charge is 2.18. The molecule has 0 aliphatic rings. The number of nitrogens with one attached hydrogen (secondary N) is 2. The Morgan fingerprint density at radius 1 is 1.08 bits per heavy atom. The molecule has 0 bridgehead atoms. The minimum atomic E-state index is -0.711. The van der Waals surface area contributed by atoms with Crippen LogP contribution in [0.25, 0.3) is 0 Å². The van der Waals surface area contributed by atoms with Gasteiger partial charge >= 0.3 is 0 Å². The Hall–Kier alpha value is -3.60. The van der Waals surface area contributed by atoms with Gasteiger partial charge in [0.25, 0.3) is 5.56 Å². The Bertz CT molecular complexity index is 1250. The third kappa shape index (κ3) is 9.37. The van der Waals surface area contributed by atoms with Crippen LogP contribution < -0.4 is 16.2 Å². The average Bonchev–Trinajstić information content (AvgIpc) is 2.90. The van der Waals surface area contributed by atoms with Crippen molar-refractivity contribution in [3.05, 3.63) is 82.0 Å². The molecule has 2 aromatic heterocycles. The van der Waals surface area contributed by atoms with Gasteiger partial charge in [-0.2, -0.15) is 4.98 Å². The van der Waals surface area contributed by atoms with Gasteiger partial charge < -0.3 is 15.2 Å². The van der Waals surface area contributed by atoms with Crippen molar-refractivity contribution in [3.63, 3.8) is 0 Å². The maximum atomic E-state index is 13.3. The maximum Gasteiger partial charge on any atom is 0.277 e. The zero-order chi connectivity index (χ0) is 27.3. The van der Waals surface area contributed by atoms with Crippen LogP contribution in [0.5, 0.6) is 0 Å². The monoisotopic (exact) mass is 540 g/mol. The van der Waals surface area contributed by atoms with Crippen molar-refractivity contribution in [2.45, 2.75) is 69.4 Å². The van der Waals surface area contributed by atoms with Crippen LogP contribution in [0.2, 0.25) is 0 Å². The van der Waals surface area contributed by atoms with E-state index in [1.807, 2.05) is 0 Å². The highest BCUT2D eigenvalue weighted by molar-refractivity contribution is 7.98. The number of hydrogen-bond donors (Lipinski definition) is 2. The van der Waals surface area contributed by atoms with Crippen molar-refractivity contribution in [1.82, 2.24) is 30.2 Å². The van der Waals surface area contributed by atoms with Gasteiger partial charge in [0, 0.05) is 42.9 Å². The normalized spacial score (nSPS) is 11.7. The minimum absolute atomic E-state index is 0.133. The van der Waals surface area contributed by atoms with Crippen molar-refractivity contribution in [2.75, 3.05) is 6.54 Å². The van der Waals surface area contributed by atoms with Crippen LogP contribution in [0.4, 0.5) is 4.39 Å². The lowest BCUT2D eigenvalue weighted by Crippen LogP contribution is -2.46. The first-order chi connectivity index (χ1) is 18.4. The van der Waals surface area contributed by atoms with Crippen molar-refractivity contribution in [3.8, 4) is 0 Å². The number of carbonyl (C=O) groups is 2. The molecule has 0 radical (unpaired) electrons. The highest BCUT2D eigenvalue weighted by Crippen LogP contribution is 2.21. The van der Waals surface area contributed by atoms with Crippen molar-refractivity contribution >= 4 is 23.6 Å². The quantitative estimate of drug-likeness (QED) is 0.183. The molecule has 0 saturated heterocycles. The molecular formula is C27H33FN6O3S. The largest absolute Gasteiger partial charge is 0.354 e. The summed E-state index contributed by atoms with van der Waals surface area (Å²) in [5, 5.41) is 5.92. The molecule has 11 heteroatoms. The summed E-state index contributed by atoms with van der Waals surface area (Å²) in [7, 11) is 0. The van der Waals surface area contributed by atoms with Gasteiger partial charge in [0.1, 0.15) is 24.7 Å². The van der Waals surface area contributed by atoms with Gasteiger partial charge in [0.2, 0.25) is 11.8 Å². The van der Waals surface area contributed by atoms with E-state index in [-0.39, 0.29) is 30.6 Å². The molecule has 3 aromatic rings. The summed E-state index contributed by atoms with van der Waals surface area (Å²) in [6, 6.07) is 5.33. The first-order valence-electron chi connectivity index (χ1n) is 12.6. The molecule has 2 N–H and O–H groups in total. The molecule has 0 fully saturated rings. The summed E-state index contributed by atoms with van der Waals surface area (Å²) in [6.45, 7) is 4.19. The lowest BCUT2D eigenvalue weighted by Gasteiger charge is -2.17. The smallest absolute Gasteiger partial charge is 0.277 e. The van der Waals surface area contributed by atoms with E-state index in [9.17, 15) is 18.8 Å². The van der Waals surface area contributed by atoms with Crippen LogP contribution in [0, 0.1) is 5.82 Å². The van der Waals surface area contributed by atoms with Gasteiger partial charge in [-0.15, -0.1) is 0 Å². The van der Waals surface area contributed by atoms with Crippen molar-refractivity contribution in [1.29, 1.82) is 0 Å². The molecule has 9 nitrogen and oxygen atoms in total. The Morgan fingerprint density at radius 3 is 2.53 bits per heavy atom. The topological polar surface area (TPSA) is 119 Å². The summed E-state index contributed by atoms with van der Waals surface area (Å²) in [4.78, 5) is 50.2. The number of rotatable bonds is 14. The van der Waals surface area contributed by atoms with Crippen LogP contribution in [0.3, 0.4) is 0 Å². The average molecular weight is 541 g/mol.